The van der Waals surface area contributed by atoms with Crippen molar-refractivity contribution in [3.63, 3.8) is 0 Å². The fourth-order valence-electron chi connectivity index (χ4n) is 2.84. The molecule has 124 valence electrons. The second kappa shape index (κ2) is 5.91. The molecule has 0 saturated heterocycles. The van der Waals surface area contributed by atoms with Crippen LogP contribution in [0.1, 0.15) is 19.4 Å². The summed E-state index contributed by atoms with van der Waals surface area (Å²) in [7, 11) is 0. The second-order valence-corrected chi connectivity index (χ2v) is 6.67. The summed E-state index contributed by atoms with van der Waals surface area (Å²) >= 11 is 6.03. The minimum absolute atomic E-state index is 0.117. The lowest BCUT2D eigenvalue weighted by molar-refractivity contribution is -0.124. The van der Waals surface area contributed by atoms with Crippen molar-refractivity contribution in [1.82, 2.24) is 0 Å². The molecule has 0 aromatic heterocycles. The molecule has 0 bridgehead atoms. The summed E-state index contributed by atoms with van der Waals surface area (Å²) in [4.78, 5) is 26.4. The van der Waals surface area contributed by atoms with Gasteiger partial charge in [0.2, 0.25) is 11.8 Å². The normalized spacial score (nSPS) is 15.3. The predicted octanol–water partition coefficient (Wildman–Crippen LogP) is 3.74. The van der Waals surface area contributed by atoms with Gasteiger partial charge in [-0.05, 0) is 61.9 Å². The summed E-state index contributed by atoms with van der Waals surface area (Å²) in [6.07, 6.45) is 0. The van der Waals surface area contributed by atoms with Gasteiger partial charge in [-0.25, -0.2) is 4.39 Å². The molecule has 0 aliphatic carbocycles. The van der Waals surface area contributed by atoms with Crippen LogP contribution in [0.3, 0.4) is 0 Å². The molecule has 6 heteroatoms. The fourth-order valence-corrected chi connectivity index (χ4v) is 3.01. The molecule has 0 radical (unpaired) electrons. The first-order valence-electron chi connectivity index (χ1n) is 7.46. The maximum Gasteiger partial charge on any atom is 0.244 e. The standard InChI is InChI=1S/C18H16ClFN2O2/c1-18(2)14-9-11(19)3-8-15(14)22(17(18)24)10-16(23)21-13-6-4-12(20)5-7-13/h3-9H,10H2,1-2H3,(H,21,23). The number of fused-ring (bicyclic) bond motifs is 1. The number of amides is 2. The molecule has 0 saturated carbocycles. The Kier molecular flexibility index (Phi) is 4.05. The third-order valence-electron chi connectivity index (χ3n) is 4.13. The molecular weight excluding hydrogens is 331 g/mol. The molecule has 2 amide bonds. The first-order chi connectivity index (χ1) is 11.3. The number of hydrogen-bond donors (Lipinski definition) is 1. The van der Waals surface area contributed by atoms with E-state index in [9.17, 15) is 14.0 Å². The van der Waals surface area contributed by atoms with Crippen molar-refractivity contribution in [2.45, 2.75) is 19.3 Å². The van der Waals surface area contributed by atoms with Gasteiger partial charge >= 0.3 is 0 Å². The highest BCUT2D eigenvalue weighted by Crippen LogP contribution is 2.42. The summed E-state index contributed by atoms with van der Waals surface area (Å²) in [5.41, 5.74) is 1.22. The van der Waals surface area contributed by atoms with E-state index < -0.39 is 5.41 Å². The van der Waals surface area contributed by atoms with Crippen LogP contribution in [0.4, 0.5) is 15.8 Å². The van der Waals surface area contributed by atoms with E-state index in [1.807, 2.05) is 13.8 Å². The van der Waals surface area contributed by atoms with Crippen molar-refractivity contribution in [2.75, 3.05) is 16.8 Å². The number of anilines is 2. The third-order valence-corrected chi connectivity index (χ3v) is 4.37. The SMILES string of the molecule is CC1(C)C(=O)N(CC(=O)Nc2ccc(F)cc2)c2ccc(Cl)cc21. The number of halogens is 2. The lowest BCUT2D eigenvalue weighted by Crippen LogP contribution is -2.40. The molecular formula is C18H16ClFN2O2. The van der Waals surface area contributed by atoms with Crippen LogP contribution < -0.4 is 10.2 Å². The van der Waals surface area contributed by atoms with Crippen LogP contribution in [-0.4, -0.2) is 18.4 Å². The molecule has 3 rings (SSSR count). The van der Waals surface area contributed by atoms with Crippen molar-refractivity contribution in [2.24, 2.45) is 0 Å². The van der Waals surface area contributed by atoms with Crippen LogP contribution in [0.2, 0.25) is 5.02 Å². The molecule has 0 unspecified atom stereocenters. The first-order valence-corrected chi connectivity index (χ1v) is 7.84. The Balaban J connectivity index is 1.81. The number of carbonyl (C=O) groups is 2. The van der Waals surface area contributed by atoms with Gasteiger partial charge in [-0.1, -0.05) is 11.6 Å². The number of benzene rings is 2. The van der Waals surface area contributed by atoms with Crippen LogP contribution in [0, 0.1) is 5.82 Å². The molecule has 1 N–H and O–H groups in total. The van der Waals surface area contributed by atoms with Gasteiger partial charge in [-0.3, -0.25) is 9.59 Å². The average molecular weight is 347 g/mol. The Labute approximate surface area is 144 Å². The van der Waals surface area contributed by atoms with Gasteiger partial charge < -0.3 is 10.2 Å². The number of hydrogen-bond acceptors (Lipinski definition) is 2. The molecule has 0 atom stereocenters. The van der Waals surface area contributed by atoms with Crippen molar-refractivity contribution in [1.29, 1.82) is 0 Å². The van der Waals surface area contributed by atoms with Crippen molar-refractivity contribution in [3.8, 4) is 0 Å². The van der Waals surface area contributed by atoms with Gasteiger partial charge in [-0.15, -0.1) is 0 Å². The van der Waals surface area contributed by atoms with Gasteiger partial charge in [-0.2, -0.15) is 0 Å². The highest BCUT2D eigenvalue weighted by molar-refractivity contribution is 6.31. The zero-order chi connectivity index (χ0) is 17.5. The molecule has 0 fully saturated rings. The predicted molar refractivity (Wildman–Crippen MR) is 91.9 cm³/mol. The Morgan fingerprint density at radius 3 is 2.54 bits per heavy atom. The highest BCUT2D eigenvalue weighted by atomic mass is 35.5. The van der Waals surface area contributed by atoms with Crippen molar-refractivity contribution >= 4 is 34.8 Å². The minimum Gasteiger partial charge on any atom is -0.325 e. The van der Waals surface area contributed by atoms with Gasteiger partial charge in [0.05, 0.1) is 5.41 Å². The van der Waals surface area contributed by atoms with E-state index in [0.717, 1.165) is 5.56 Å². The van der Waals surface area contributed by atoms with E-state index in [0.29, 0.717) is 16.4 Å². The Bertz CT molecular complexity index is 818. The summed E-state index contributed by atoms with van der Waals surface area (Å²) < 4.78 is 12.9. The maximum absolute atomic E-state index is 12.9. The lowest BCUT2D eigenvalue weighted by atomic mass is 9.86. The second-order valence-electron chi connectivity index (χ2n) is 6.23. The van der Waals surface area contributed by atoms with E-state index in [1.54, 1.807) is 18.2 Å². The highest BCUT2D eigenvalue weighted by Gasteiger charge is 2.44. The molecule has 1 aliphatic rings. The smallest absolute Gasteiger partial charge is 0.244 e. The summed E-state index contributed by atoms with van der Waals surface area (Å²) in [6, 6.07) is 10.7. The Morgan fingerprint density at radius 2 is 1.88 bits per heavy atom. The van der Waals surface area contributed by atoms with E-state index in [-0.39, 0.29) is 24.2 Å². The minimum atomic E-state index is -0.740. The average Bonchev–Trinajstić information content (AvgIpc) is 2.71. The quantitative estimate of drug-likeness (QED) is 0.920. The topological polar surface area (TPSA) is 49.4 Å². The summed E-state index contributed by atoms with van der Waals surface area (Å²) in [6.45, 7) is 3.50. The zero-order valence-corrected chi connectivity index (χ0v) is 14.0. The zero-order valence-electron chi connectivity index (χ0n) is 13.3. The van der Waals surface area contributed by atoms with Gasteiger partial charge in [0.1, 0.15) is 12.4 Å². The molecule has 2 aromatic rings. The monoisotopic (exact) mass is 346 g/mol. The third kappa shape index (κ3) is 2.87. The Hall–Kier alpha value is -2.40. The first kappa shape index (κ1) is 16.5. The molecule has 1 aliphatic heterocycles. The van der Waals surface area contributed by atoms with E-state index in [2.05, 4.69) is 5.32 Å². The summed E-state index contributed by atoms with van der Waals surface area (Å²) in [5, 5.41) is 3.21. The van der Waals surface area contributed by atoms with Crippen LogP contribution in [-0.2, 0) is 15.0 Å². The van der Waals surface area contributed by atoms with Gasteiger partial charge in [0, 0.05) is 16.4 Å². The van der Waals surface area contributed by atoms with Crippen LogP contribution >= 0.6 is 11.6 Å². The van der Waals surface area contributed by atoms with E-state index in [4.69, 9.17) is 11.6 Å². The van der Waals surface area contributed by atoms with Crippen LogP contribution in [0.15, 0.2) is 42.5 Å². The van der Waals surface area contributed by atoms with Crippen molar-refractivity contribution < 1.29 is 14.0 Å². The van der Waals surface area contributed by atoms with Gasteiger partial charge in [0.15, 0.2) is 0 Å². The number of carbonyl (C=O) groups excluding carboxylic acids is 2. The molecule has 4 nitrogen and oxygen atoms in total. The number of nitrogens with zero attached hydrogens (tertiary/aromatic N) is 1. The Morgan fingerprint density at radius 1 is 1.21 bits per heavy atom. The number of rotatable bonds is 3. The maximum atomic E-state index is 12.9. The van der Waals surface area contributed by atoms with Crippen LogP contribution in [0.25, 0.3) is 0 Å². The van der Waals surface area contributed by atoms with Crippen molar-refractivity contribution in [3.05, 3.63) is 58.9 Å². The summed E-state index contributed by atoms with van der Waals surface area (Å²) in [5.74, 6) is -0.891. The fraction of sp³-hybridized carbons (Fsp3) is 0.222. The largest absolute Gasteiger partial charge is 0.325 e. The molecule has 0 spiro atoms. The number of nitrogens with one attached hydrogen (secondary N) is 1. The molecule has 2 aromatic carbocycles. The van der Waals surface area contributed by atoms with Crippen LogP contribution in [0.5, 0.6) is 0 Å². The lowest BCUT2D eigenvalue weighted by Gasteiger charge is -2.20. The van der Waals surface area contributed by atoms with E-state index in [1.165, 1.54) is 29.2 Å². The van der Waals surface area contributed by atoms with E-state index >= 15 is 0 Å². The molecule has 24 heavy (non-hydrogen) atoms. The molecule has 1 heterocycles. The van der Waals surface area contributed by atoms with Gasteiger partial charge in [0.25, 0.3) is 0 Å².